The van der Waals surface area contributed by atoms with Crippen LogP contribution in [0.5, 0.6) is 0 Å². The monoisotopic (exact) mass is 374 g/mol. The molecule has 0 aliphatic carbocycles. The fourth-order valence-corrected chi connectivity index (χ4v) is 3.35. The van der Waals surface area contributed by atoms with Crippen molar-refractivity contribution in [2.24, 2.45) is 0 Å². The number of benzene rings is 2. The zero-order valence-corrected chi connectivity index (χ0v) is 15.5. The molecule has 6 heteroatoms. The Labute approximate surface area is 155 Å². The van der Waals surface area contributed by atoms with Crippen molar-refractivity contribution in [3.63, 3.8) is 0 Å². The molecular weight excluding hydrogens is 359 g/mol. The van der Waals surface area contributed by atoms with Gasteiger partial charge in [0.25, 0.3) is 5.91 Å². The molecule has 0 fully saturated rings. The summed E-state index contributed by atoms with van der Waals surface area (Å²) in [6.45, 7) is 5.63. The number of halogens is 2. The van der Waals surface area contributed by atoms with E-state index in [1.807, 2.05) is 32.0 Å². The number of carbonyl (C=O) groups is 1. The van der Waals surface area contributed by atoms with Crippen LogP contribution >= 0.6 is 23.2 Å². The highest BCUT2D eigenvalue weighted by atomic mass is 35.5. The van der Waals surface area contributed by atoms with Crippen LogP contribution in [0.25, 0.3) is 11.3 Å². The average Bonchev–Trinajstić information content (AvgIpc) is 2.87. The Morgan fingerprint density at radius 3 is 2.24 bits per heavy atom. The van der Waals surface area contributed by atoms with Crippen molar-refractivity contribution in [1.82, 2.24) is 5.16 Å². The molecule has 0 saturated heterocycles. The van der Waals surface area contributed by atoms with E-state index >= 15 is 0 Å². The van der Waals surface area contributed by atoms with Crippen molar-refractivity contribution in [3.8, 4) is 11.3 Å². The van der Waals surface area contributed by atoms with Crippen molar-refractivity contribution in [2.75, 3.05) is 5.32 Å². The summed E-state index contributed by atoms with van der Waals surface area (Å²) in [5, 5.41) is 7.70. The van der Waals surface area contributed by atoms with Gasteiger partial charge in [-0.25, -0.2) is 0 Å². The number of nitrogens with zero attached hydrogens (tertiary/aromatic N) is 1. The summed E-state index contributed by atoms with van der Waals surface area (Å²) in [6.07, 6.45) is 0. The minimum atomic E-state index is -0.324. The Morgan fingerprint density at radius 2 is 1.64 bits per heavy atom. The van der Waals surface area contributed by atoms with E-state index in [0.717, 1.165) is 11.1 Å². The molecule has 3 aromatic rings. The van der Waals surface area contributed by atoms with E-state index in [1.54, 1.807) is 25.1 Å². The minimum Gasteiger partial charge on any atom is -0.360 e. The van der Waals surface area contributed by atoms with Gasteiger partial charge in [-0.1, -0.05) is 40.5 Å². The van der Waals surface area contributed by atoms with Crippen LogP contribution in [0, 0.1) is 20.8 Å². The lowest BCUT2D eigenvalue weighted by molar-refractivity contribution is 0.102. The number of hydrogen-bond donors (Lipinski definition) is 1. The van der Waals surface area contributed by atoms with E-state index in [4.69, 9.17) is 27.7 Å². The first-order valence-electron chi connectivity index (χ1n) is 7.67. The first-order valence-corrected chi connectivity index (χ1v) is 8.42. The first kappa shape index (κ1) is 17.5. The van der Waals surface area contributed by atoms with Crippen LogP contribution in [-0.4, -0.2) is 11.1 Å². The van der Waals surface area contributed by atoms with Gasteiger partial charge >= 0.3 is 0 Å². The van der Waals surface area contributed by atoms with E-state index in [2.05, 4.69) is 10.5 Å². The quantitative estimate of drug-likeness (QED) is 0.627. The molecule has 1 amide bonds. The third kappa shape index (κ3) is 3.55. The van der Waals surface area contributed by atoms with Crippen molar-refractivity contribution >= 4 is 34.8 Å². The van der Waals surface area contributed by atoms with Crippen LogP contribution in [0.2, 0.25) is 10.0 Å². The standard InChI is InChI=1S/C19H16Cl2N2O2/c1-10-7-11(2)9-13(8-10)22-19(24)16-12(3)25-23-18(16)17-14(20)5-4-6-15(17)21/h4-9H,1-3H3,(H,22,24). The lowest BCUT2D eigenvalue weighted by Crippen LogP contribution is -2.14. The molecule has 0 aliphatic rings. The van der Waals surface area contributed by atoms with Crippen molar-refractivity contribution in [2.45, 2.75) is 20.8 Å². The van der Waals surface area contributed by atoms with E-state index in [0.29, 0.717) is 38.3 Å². The molecule has 0 atom stereocenters. The van der Waals surface area contributed by atoms with E-state index in [9.17, 15) is 4.79 Å². The second-order valence-electron chi connectivity index (χ2n) is 5.89. The zero-order valence-electron chi connectivity index (χ0n) is 14.0. The van der Waals surface area contributed by atoms with Gasteiger partial charge in [0.15, 0.2) is 0 Å². The van der Waals surface area contributed by atoms with Gasteiger partial charge in [0.1, 0.15) is 17.0 Å². The smallest absolute Gasteiger partial charge is 0.261 e. The summed E-state index contributed by atoms with van der Waals surface area (Å²) in [5.41, 5.74) is 3.95. The number of hydrogen-bond acceptors (Lipinski definition) is 3. The third-order valence-corrected chi connectivity index (χ3v) is 4.40. The van der Waals surface area contributed by atoms with Gasteiger partial charge in [-0.05, 0) is 56.2 Å². The van der Waals surface area contributed by atoms with Crippen LogP contribution < -0.4 is 5.32 Å². The fraction of sp³-hybridized carbons (Fsp3) is 0.158. The summed E-state index contributed by atoms with van der Waals surface area (Å²) in [4.78, 5) is 12.8. The summed E-state index contributed by atoms with van der Waals surface area (Å²) in [6, 6.07) is 11.0. The van der Waals surface area contributed by atoms with Gasteiger partial charge in [-0.15, -0.1) is 0 Å². The summed E-state index contributed by atoms with van der Waals surface area (Å²) in [5.74, 6) is 0.0718. The molecule has 3 rings (SSSR count). The van der Waals surface area contributed by atoms with Crippen LogP contribution in [0.15, 0.2) is 40.9 Å². The maximum atomic E-state index is 12.8. The molecule has 1 heterocycles. The van der Waals surface area contributed by atoms with Crippen molar-refractivity contribution in [3.05, 3.63) is 68.9 Å². The Bertz CT molecular complexity index is 924. The lowest BCUT2D eigenvalue weighted by Gasteiger charge is -2.09. The minimum absolute atomic E-state index is 0.314. The SMILES string of the molecule is Cc1cc(C)cc(NC(=O)c2c(-c3c(Cl)cccc3Cl)noc2C)c1. The predicted octanol–water partition coefficient (Wildman–Crippen LogP) is 5.83. The van der Waals surface area contributed by atoms with Crippen LogP contribution in [0.4, 0.5) is 5.69 Å². The molecule has 0 spiro atoms. The van der Waals surface area contributed by atoms with E-state index in [-0.39, 0.29) is 5.91 Å². The number of rotatable bonds is 3. The molecule has 4 nitrogen and oxygen atoms in total. The average molecular weight is 375 g/mol. The molecule has 0 unspecified atom stereocenters. The second-order valence-corrected chi connectivity index (χ2v) is 6.70. The van der Waals surface area contributed by atoms with E-state index in [1.165, 1.54) is 0 Å². The predicted molar refractivity (Wildman–Crippen MR) is 101 cm³/mol. The molecule has 0 bridgehead atoms. The zero-order chi connectivity index (χ0) is 18.1. The van der Waals surface area contributed by atoms with Gasteiger partial charge in [-0.2, -0.15) is 0 Å². The number of aryl methyl sites for hydroxylation is 3. The number of anilines is 1. The fourth-order valence-electron chi connectivity index (χ4n) is 2.77. The number of carbonyl (C=O) groups excluding carboxylic acids is 1. The summed E-state index contributed by atoms with van der Waals surface area (Å²) >= 11 is 12.5. The molecule has 0 aliphatic heterocycles. The maximum absolute atomic E-state index is 12.8. The Kier molecular flexibility index (Phi) is 4.84. The van der Waals surface area contributed by atoms with Crippen LogP contribution in [0.1, 0.15) is 27.2 Å². The third-order valence-electron chi connectivity index (χ3n) is 3.77. The molecule has 2 aromatic carbocycles. The van der Waals surface area contributed by atoms with Crippen molar-refractivity contribution < 1.29 is 9.32 Å². The van der Waals surface area contributed by atoms with Gasteiger partial charge in [0.05, 0.1) is 10.0 Å². The molecule has 25 heavy (non-hydrogen) atoms. The first-order chi connectivity index (χ1) is 11.9. The van der Waals surface area contributed by atoms with Gasteiger partial charge in [-0.3, -0.25) is 4.79 Å². The van der Waals surface area contributed by atoms with Crippen LogP contribution in [-0.2, 0) is 0 Å². The van der Waals surface area contributed by atoms with E-state index < -0.39 is 0 Å². The molecule has 1 N–H and O–H groups in total. The summed E-state index contributed by atoms with van der Waals surface area (Å²) < 4.78 is 5.24. The molecule has 128 valence electrons. The molecular formula is C19H16Cl2N2O2. The van der Waals surface area contributed by atoms with Gasteiger partial charge < -0.3 is 9.84 Å². The maximum Gasteiger partial charge on any atom is 0.261 e. The molecule has 0 saturated carbocycles. The molecule has 0 radical (unpaired) electrons. The number of aromatic nitrogens is 1. The highest BCUT2D eigenvalue weighted by Gasteiger charge is 2.25. The Hall–Kier alpha value is -2.30. The van der Waals surface area contributed by atoms with Gasteiger partial charge in [0, 0.05) is 11.3 Å². The van der Waals surface area contributed by atoms with Gasteiger partial charge in [0.2, 0.25) is 0 Å². The Balaban J connectivity index is 2.03. The van der Waals surface area contributed by atoms with Crippen LogP contribution in [0.3, 0.4) is 0 Å². The summed E-state index contributed by atoms with van der Waals surface area (Å²) in [7, 11) is 0. The highest BCUT2D eigenvalue weighted by molar-refractivity contribution is 6.39. The second kappa shape index (κ2) is 6.90. The normalized spacial score (nSPS) is 10.8. The van der Waals surface area contributed by atoms with Crippen molar-refractivity contribution in [1.29, 1.82) is 0 Å². The highest BCUT2D eigenvalue weighted by Crippen LogP contribution is 2.37. The largest absolute Gasteiger partial charge is 0.360 e. The molecule has 1 aromatic heterocycles. The number of nitrogens with one attached hydrogen (secondary N) is 1. The topological polar surface area (TPSA) is 55.1 Å². The lowest BCUT2D eigenvalue weighted by atomic mass is 10.0. The Morgan fingerprint density at radius 1 is 1.04 bits per heavy atom. The number of amides is 1.